The highest BCUT2D eigenvalue weighted by atomic mass is 16.4. The highest BCUT2D eigenvalue weighted by molar-refractivity contribution is 5.99. The van der Waals surface area contributed by atoms with Gasteiger partial charge in [-0.2, -0.15) is 0 Å². The molecule has 17 N–H and O–H groups in total. The maximum Gasteiger partial charge on any atom is 0.326 e. The van der Waals surface area contributed by atoms with E-state index in [4.69, 9.17) is 11.5 Å². The van der Waals surface area contributed by atoms with E-state index in [1.54, 1.807) is 30.5 Å². The number of para-hydroxylation sites is 1. The molecule has 7 amide bonds. The molecule has 9 atom stereocenters. The maximum absolute atomic E-state index is 14.5. The van der Waals surface area contributed by atoms with Crippen molar-refractivity contribution < 1.29 is 68.7 Å². The van der Waals surface area contributed by atoms with E-state index in [-0.39, 0.29) is 37.5 Å². The number of aromatic amines is 1. The molecule has 3 aromatic rings. The summed E-state index contributed by atoms with van der Waals surface area (Å²) in [6.07, 6.45) is -0.433. The van der Waals surface area contributed by atoms with Crippen LogP contribution in [0.5, 0.6) is 5.75 Å². The lowest BCUT2D eigenvalue weighted by atomic mass is 10.0. The first-order valence-corrected chi connectivity index (χ1v) is 23.6. The molecular weight excluding hydrogens is 941 g/mol. The van der Waals surface area contributed by atoms with Gasteiger partial charge in [0.05, 0.1) is 25.2 Å². The van der Waals surface area contributed by atoms with Crippen LogP contribution in [0.4, 0.5) is 0 Å². The molecule has 24 nitrogen and oxygen atoms in total. The molecule has 0 unspecified atom stereocenters. The number of hydrogen-bond donors (Lipinski definition) is 15. The Morgan fingerprint density at radius 3 is 1.71 bits per heavy atom. The molecule has 396 valence electrons. The zero-order chi connectivity index (χ0) is 53.8. The molecule has 0 bridgehead atoms. The number of unbranched alkanes of at least 4 members (excludes halogenated alkanes) is 1. The number of carbonyl (C=O) groups is 9. The van der Waals surface area contributed by atoms with Gasteiger partial charge in [-0.05, 0) is 80.3 Å². The summed E-state index contributed by atoms with van der Waals surface area (Å²) in [6.45, 7) is 7.10. The van der Waals surface area contributed by atoms with Gasteiger partial charge in [0, 0.05) is 29.9 Å². The molecule has 3 rings (SSSR count). The molecule has 1 aromatic heterocycles. The Bertz CT molecular complexity index is 2340. The van der Waals surface area contributed by atoms with Gasteiger partial charge in [-0.1, -0.05) is 58.0 Å². The van der Waals surface area contributed by atoms with Gasteiger partial charge in [0.25, 0.3) is 0 Å². The summed E-state index contributed by atoms with van der Waals surface area (Å²) in [5.74, 6) is -10.7. The number of carbonyl (C=O) groups excluding carboxylic acids is 7. The first-order valence-electron chi connectivity index (χ1n) is 23.6. The molecule has 0 spiro atoms. The summed E-state index contributed by atoms with van der Waals surface area (Å²) in [4.78, 5) is 123. The number of rotatable bonds is 30. The van der Waals surface area contributed by atoms with Crippen LogP contribution in [0.15, 0.2) is 54.7 Å². The predicted octanol–water partition coefficient (Wildman–Crippen LogP) is -1.86. The molecule has 0 aliphatic rings. The monoisotopic (exact) mass is 1010 g/mol. The molecule has 0 fully saturated rings. The van der Waals surface area contributed by atoms with Crippen LogP contribution in [0.3, 0.4) is 0 Å². The molecule has 0 aliphatic heterocycles. The second kappa shape index (κ2) is 28.6. The standard InChI is InChI=1S/C48H70N10O14/c1-24(2)18-31(50)41(64)52-33(12-8-9-17-49)42(65)55-36(21-38(62)63)45(68)53-34(19-27-13-15-29(61)16-14-27)43(66)54-35(20-28-22-51-32-11-7-6-10-30(28)32)44(67)56-37(23-59)46(69)58-40(26(5)60)47(70)57-39(25(3)4)48(71)72/h6-7,10-11,13-16,22,24-26,31,33-37,39-40,51,59-61H,8-9,12,17-21,23,49-50H2,1-5H3,(H,52,64)(H,53,68)(H,54,66)(H,55,65)(H,56,67)(H,57,70)(H,58,69)(H,62,63)(H,71,72)/t26-,31+,33+,34+,35+,36+,37+,39+,40+/m1/s1. The molecule has 0 saturated heterocycles. The fraction of sp³-hybridized carbons (Fsp3) is 0.521. The number of benzene rings is 2. The Kier molecular flexibility index (Phi) is 23.5. The van der Waals surface area contributed by atoms with E-state index in [0.717, 1.165) is 6.92 Å². The Hall–Kier alpha value is -7.15. The molecule has 0 radical (unpaired) electrons. The Morgan fingerprint density at radius 2 is 1.15 bits per heavy atom. The number of nitrogens with one attached hydrogen (secondary N) is 8. The topological polar surface area (TPSA) is 407 Å². The van der Waals surface area contributed by atoms with Crippen LogP contribution in [-0.4, -0.2) is 151 Å². The summed E-state index contributed by atoms with van der Waals surface area (Å²) in [7, 11) is 0. The van der Waals surface area contributed by atoms with E-state index in [9.17, 15) is 68.7 Å². The molecule has 72 heavy (non-hydrogen) atoms. The van der Waals surface area contributed by atoms with Crippen molar-refractivity contribution in [3.8, 4) is 5.75 Å². The van der Waals surface area contributed by atoms with Gasteiger partial charge in [0.1, 0.15) is 48.0 Å². The number of hydrogen-bond acceptors (Lipinski definition) is 14. The molecule has 2 aromatic carbocycles. The quantitative estimate of drug-likeness (QED) is 0.0326. The second-order valence-corrected chi connectivity index (χ2v) is 18.3. The molecule has 0 aliphatic carbocycles. The normalized spacial score (nSPS) is 15.1. The third kappa shape index (κ3) is 18.5. The highest BCUT2D eigenvalue weighted by Crippen LogP contribution is 2.20. The number of nitrogens with two attached hydrogens (primary N) is 2. The third-order valence-corrected chi connectivity index (χ3v) is 11.5. The van der Waals surface area contributed by atoms with Crippen molar-refractivity contribution in [2.24, 2.45) is 23.3 Å². The number of H-pyrrole nitrogens is 1. The van der Waals surface area contributed by atoms with Crippen LogP contribution in [0.25, 0.3) is 10.9 Å². The molecule has 0 saturated carbocycles. The number of carboxylic acid groups (broad SMARTS) is 2. The number of aliphatic hydroxyl groups is 2. The lowest BCUT2D eigenvalue weighted by Gasteiger charge is -2.28. The van der Waals surface area contributed by atoms with Gasteiger partial charge in [0.15, 0.2) is 0 Å². The smallest absolute Gasteiger partial charge is 0.326 e. The highest BCUT2D eigenvalue weighted by Gasteiger charge is 2.36. The minimum atomic E-state index is -1.83. The summed E-state index contributed by atoms with van der Waals surface area (Å²) in [6, 6.07) is 0.153. The fourth-order valence-corrected chi connectivity index (χ4v) is 7.54. The van der Waals surface area contributed by atoms with Gasteiger partial charge in [-0.25, -0.2) is 4.79 Å². The average Bonchev–Trinajstić information content (AvgIpc) is 3.72. The van der Waals surface area contributed by atoms with Crippen LogP contribution >= 0.6 is 0 Å². The molecule has 24 heteroatoms. The SMILES string of the molecule is CC(C)C[C@H](N)C(=O)N[C@@H](CCCCN)C(=O)N[C@@H](CC(=O)O)C(=O)N[C@@H](Cc1ccc(O)cc1)C(=O)N[C@@H](Cc1c[nH]c2ccccc12)C(=O)N[C@@H](CO)C(=O)N[C@H](C(=O)N[C@H](C(=O)O)C(C)C)[C@@H](C)O. The largest absolute Gasteiger partial charge is 0.508 e. The van der Waals surface area contributed by atoms with E-state index < -0.39 is 127 Å². The van der Waals surface area contributed by atoms with Gasteiger partial charge < -0.3 is 79.2 Å². The van der Waals surface area contributed by atoms with E-state index in [0.29, 0.717) is 41.3 Å². The van der Waals surface area contributed by atoms with Crippen molar-refractivity contribution in [1.29, 1.82) is 0 Å². The first-order chi connectivity index (χ1) is 33.9. The van der Waals surface area contributed by atoms with E-state index in [2.05, 4.69) is 42.2 Å². The number of fused-ring (bicyclic) bond motifs is 1. The number of aliphatic hydroxyl groups excluding tert-OH is 2. The predicted molar refractivity (Wildman–Crippen MR) is 261 cm³/mol. The number of aromatic hydroxyl groups is 1. The Morgan fingerprint density at radius 1 is 0.625 bits per heavy atom. The van der Waals surface area contributed by atoms with Crippen molar-refractivity contribution in [3.05, 3.63) is 65.9 Å². The molecule has 1 heterocycles. The van der Waals surface area contributed by atoms with E-state index in [1.807, 2.05) is 13.8 Å². The number of phenolic OH excluding ortho intramolecular Hbond substituents is 1. The van der Waals surface area contributed by atoms with E-state index in [1.165, 1.54) is 38.1 Å². The number of phenols is 1. The number of aromatic nitrogens is 1. The number of amides is 7. The van der Waals surface area contributed by atoms with Crippen LogP contribution in [-0.2, 0) is 56.0 Å². The first kappa shape index (κ1) is 59.2. The van der Waals surface area contributed by atoms with Crippen LogP contribution in [0.1, 0.15) is 77.8 Å². The summed E-state index contributed by atoms with van der Waals surface area (Å²) >= 11 is 0. The summed E-state index contributed by atoms with van der Waals surface area (Å²) < 4.78 is 0. The Balaban J connectivity index is 2.00. The zero-order valence-corrected chi connectivity index (χ0v) is 41.0. The zero-order valence-electron chi connectivity index (χ0n) is 41.0. The number of carboxylic acids is 2. The summed E-state index contributed by atoms with van der Waals surface area (Å²) in [5.41, 5.74) is 13.2. The van der Waals surface area contributed by atoms with Crippen molar-refractivity contribution >= 4 is 64.2 Å². The molecular formula is C48H70N10O14. The minimum Gasteiger partial charge on any atom is -0.508 e. The lowest BCUT2D eigenvalue weighted by molar-refractivity contribution is -0.144. The van der Waals surface area contributed by atoms with Crippen LogP contribution in [0, 0.1) is 11.8 Å². The van der Waals surface area contributed by atoms with Gasteiger partial charge in [-0.3, -0.25) is 38.4 Å². The van der Waals surface area contributed by atoms with Crippen molar-refractivity contribution in [3.63, 3.8) is 0 Å². The fourth-order valence-electron chi connectivity index (χ4n) is 7.54. The van der Waals surface area contributed by atoms with Crippen molar-refractivity contribution in [2.45, 2.75) is 134 Å². The van der Waals surface area contributed by atoms with E-state index >= 15 is 0 Å². The third-order valence-electron chi connectivity index (χ3n) is 11.5. The van der Waals surface area contributed by atoms with Gasteiger partial charge >= 0.3 is 11.9 Å². The van der Waals surface area contributed by atoms with Crippen LogP contribution < -0.4 is 48.7 Å². The van der Waals surface area contributed by atoms with Crippen molar-refractivity contribution in [2.75, 3.05) is 13.2 Å². The summed E-state index contributed by atoms with van der Waals surface area (Å²) in [5, 5.41) is 67.7. The van der Waals surface area contributed by atoms with Crippen molar-refractivity contribution in [1.82, 2.24) is 42.2 Å². The lowest BCUT2D eigenvalue weighted by Crippen LogP contribution is -2.62. The van der Waals surface area contributed by atoms with Crippen LogP contribution in [0.2, 0.25) is 0 Å². The second-order valence-electron chi connectivity index (χ2n) is 18.3. The Labute approximate surface area is 416 Å². The van der Waals surface area contributed by atoms with Gasteiger partial charge in [0.2, 0.25) is 41.4 Å². The van der Waals surface area contributed by atoms with Gasteiger partial charge in [-0.15, -0.1) is 0 Å². The maximum atomic E-state index is 14.5. The average molecular weight is 1010 g/mol. The minimum absolute atomic E-state index is 0.0377. The number of aliphatic carboxylic acids is 2.